The van der Waals surface area contributed by atoms with Crippen LogP contribution in [0.25, 0.3) is 0 Å². The van der Waals surface area contributed by atoms with Crippen LogP contribution in [-0.4, -0.2) is 40.5 Å². The van der Waals surface area contributed by atoms with Gasteiger partial charge in [-0.05, 0) is 17.7 Å². The Morgan fingerprint density at radius 3 is 2.67 bits per heavy atom. The number of rotatable bonds is 8. The molecule has 0 radical (unpaired) electrons. The first-order chi connectivity index (χ1) is 14.5. The first-order valence-corrected chi connectivity index (χ1v) is 8.70. The van der Waals surface area contributed by atoms with E-state index in [1.54, 1.807) is 37.4 Å². The average molecular weight is 410 g/mol. The van der Waals surface area contributed by atoms with Crippen LogP contribution in [0.1, 0.15) is 16.8 Å². The van der Waals surface area contributed by atoms with Crippen molar-refractivity contribution in [3.05, 3.63) is 79.8 Å². The van der Waals surface area contributed by atoms with Gasteiger partial charge >= 0.3 is 0 Å². The van der Waals surface area contributed by atoms with E-state index in [9.17, 15) is 14.9 Å². The Bertz CT molecular complexity index is 1140. The van der Waals surface area contributed by atoms with Crippen molar-refractivity contribution < 1.29 is 14.4 Å². The molecule has 0 saturated heterocycles. The number of nitrogens with zero attached hydrogens (tertiary/aromatic N) is 4. The molecule has 3 rings (SSSR count). The van der Waals surface area contributed by atoms with Gasteiger partial charge in [0.25, 0.3) is 11.2 Å². The normalized spacial score (nSPS) is 10.7. The Morgan fingerprint density at radius 2 is 1.97 bits per heavy atom. The molecule has 0 fully saturated rings. The number of aromatic amines is 1. The number of ether oxygens (including phenoxy) is 2. The van der Waals surface area contributed by atoms with Crippen molar-refractivity contribution in [2.75, 3.05) is 19.6 Å². The second kappa shape index (κ2) is 9.28. The van der Waals surface area contributed by atoms with Crippen molar-refractivity contribution in [3.63, 3.8) is 0 Å². The second-order valence-corrected chi connectivity index (χ2v) is 6.04. The van der Waals surface area contributed by atoms with E-state index in [-0.39, 0.29) is 23.8 Å². The summed E-state index contributed by atoms with van der Waals surface area (Å²) >= 11 is 0. The van der Waals surface area contributed by atoms with E-state index in [0.29, 0.717) is 17.1 Å². The van der Waals surface area contributed by atoms with Crippen molar-refractivity contribution >= 4 is 17.9 Å². The third-order valence-electron chi connectivity index (χ3n) is 4.05. The van der Waals surface area contributed by atoms with Gasteiger partial charge in [-0.15, -0.1) is 10.2 Å². The number of hydrazone groups is 1. The lowest BCUT2D eigenvalue weighted by Crippen LogP contribution is -2.18. The Morgan fingerprint density at radius 1 is 1.17 bits per heavy atom. The van der Waals surface area contributed by atoms with Gasteiger partial charge in [-0.25, -0.2) is 5.43 Å². The molecule has 30 heavy (non-hydrogen) atoms. The molecule has 0 spiro atoms. The lowest BCUT2D eigenvalue weighted by Gasteiger charge is -2.09. The zero-order valence-corrected chi connectivity index (χ0v) is 16.2. The predicted octanol–water partition coefficient (Wildman–Crippen LogP) is 2.13. The maximum Gasteiger partial charge on any atom is 0.274 e. The van der Waals surface area contributed by atoms with Gasteiger partial charge in [0, 0.05) is 24.1 Å². The van der Waals surface area contributed by atoms with E-state index < -0.39 is 10.5 Å². The van der Waals surface area contributed by atoms with Gasteiger partial charge in [-0.3, -0.25) is 19.9 Å². The van der Waals surface area contributed by atoms with Crippen molar-refractivity contribution in [2.24, 2.45) is 5.10 Å². The van der Waals surface area contributed by atoms with Crippen LogP contribution in [0.3, 0.4) is 0 Å². The van der Waals surface area contributed by atoms with Gasteiger partial charge in [0.2, 0.25) is 5.95 Å². The molecule has 0 saturated carbocycles. The second-order valence-electron chi connectivity index (χ2n) is 6.04. The summed E-state index contributed by atoms with van der Waals surface area (Å²) in [6.45, 7) is 0. The maximum atomic E-state index is 12.3. The fourth-order valence-electron chi connectivity index (χ4n) is 2.60. The van der Waals surface area contributed by atoms with Crippen LogP contribution in [0.2, 0.25) is 0 Å². The van der Waals surface area contributed by atoms with Crippen molar-refractivity contribution in [2.45, 2.75) is 6.42 Å². The first-order valence-electron chi connectivity index (χ1n) is 8.70. The topological polar surface area (TPSA) is 145 Å². The van der Waals surface area contributed by atoms with E-state index in [4.69, 9.17) is 9.47 Å². The SMILES string of the molecule is COc1ccc(Cc2nnc(N/N=C\c3cccc([N+](=O)[O-])c3)[nH]c2=O)cc1OC. The number of hydrogen-bond acceptors (Lipinski definition) is 9. The Balaban J connectivity index is 1.69. The number of aromatic nitrogens is 3. The minimum Gasteiger partial charge on any atom is -0.493 e. The van der Waals surface area contributed by atoms with Crippen molar-refractivity contribution in [1.29, 1.82) is 0 Å². The van der Waals surface area contributed by atoms with Crippen LogP contribution in [-0.2, 0) is 6.42 Å². The summed E-state index contributed by atoms with van der Waals surface area (Å²) in [5.74, 6) is 1.17. The zero-order valence-electron chi connectivity index (χ0n) is 16.2. The Labute approximate surface area is 170 Å². The smallest absolute Gasteiger partial charge is 0.274 e. The largest absolute Gasteiger partial charge is 0.493 e. The minimum absolute atomic E-state index is 0.0396. The molecule has 0 aliphatic carbocycles. The molecule has 2 N–H and O–H groups in total. The van der Waals surface area contributed by atoms with Gasteiger partial charge in [-0.1, -0.05) is 18.2 Å². The number of nitro benzene ring substituents is 1. The van der Waals surface area contributed by atoms with Crippen LogP contribution in [0.15, 0.2) is 52.4 Å². The highest BCUT2D eigenvalue weighted by atomic mass is 16.6. The molecule has 11 nitrogen and oxygen atoms in total. The summed E-state index contributed by atoms with van der Waals surface area (Å²) in [7, 11) is 3.07. The summed E-state index contributed by atoms with van der Waals surface area (Å²) in [6.07, 6.45) is 1.62. The standard InChI is InChI=1S/C19H18N6O5/c1-29-16-7-6-12(10-17(16)30-2)9-15-18(26)21-19(24-22-15)23-20-11-13-4-3-5-14(8-13)25(27)28/h3-8,10-11H,9H2,1-2H3,(H2,21,23,24,26)/b20-11-. The van der Waals surface area contributed by atoms with Gasteiger partial charge in [0.1, 0.15) is 5.69 Å². The van der Waals surface area contributed by atoms with E-state index in [1.807, 2.05) is 0 Å². The molecule has 0 aliphatic rings. The molecule has 0 bridgehead atoms. The molecule has 0 amide bonds. The van der Waals surface area contributed by atoms with Gasteiger partial charge in [0.15, 0.2) is 11.5 Å². The van der Waals surface area contributed by atoms with Crippen molar-refractivity contribution in [1.82, 2.24) is 15.2 Å². The summed E-state index contributed by atoms with van der Waals surface area (Å²) in [5, 5.41) is 22.5. The van der Waals surface area contributed by atoms with Crippen molar-refractivity contribution in [3.8, 4) is 11.5 Å². The predicted molar refractivity (Wildman–Crippen MR) is 109 cm³/mol. The Hall–Kier alpha value is -4.28. The number of anilines is 1. The monoisotopic (exact) mass is 410 g/mol. The highest BCUT2D eigenvalue weighted by Crippen LogP contribution is 2.28. The molecular weight excluding hydrogens is 392 g/mol. The van der Waals surface area contributed by atoms with Crippen LogP contribution >= 0.6 is 0 Å². The maximum absolute atomic E-state index is 12.3. The molecule has 2 aromatic carbocycles. The van der Waals surface area contributed by atoms with Gasteiger partial charge < -0.3 is 9.47 Å². The molecule has 0 unspecified atom stereocenters. The molecule has 11 heteroatoms. The van der Waals surface area contributed by atoms with E-state index >= 15 is 0 Å². The summed E-state index contributed by atoms with van der Waals surface area (Å²) in [5.41, 5.74) is 3.60. The van der Waals surface area contributed by atoms with Crippen LogP contribution in [0.5, 0.6) is 11.5 Å². The average Bonchev–Trinajstić information content (AvgIpc) is 2.75. The van der Waals surface area contributed by atoms with Crippen LogP contribution in [0.4, 0.5) is 11.6 Å². The van der Waals surface area contributed by atoms with Crippen LogP contribution < -0.4 is 20.5 Å². The molecule has 0 aliphatic heterocycles. The number of nitrogens with one attached hydrogen (secondary N) is 2. The fourth-order valence-corrected chi connectivity index (χ4v) is 2.60. The number of nitro groups is 1. The quantitative estimate of drug-likeness (QED) is 0.326. The lowest BCUT2D eigenvalue weighted by atomic mass is 10.1. The molecule has 3 aromatic rings. The summed E-state index contributed by atoms with van der Waals surface area (Å²) in [6, 6.07) is 11.3. The minimum atomic E-state index is -0.495. The summed E-state index contributed by atoms with van der Waals surface area (Å²) in [4.78, 5) is 25.1. The first kappa shape index (κ1) is 20.5. The summed E-state index contributed by atoms with van der Waals surface area (Å²) < 4.78 is 10.4. The number of methoxy groups -OCH3 is 2. The molecule has 154 valence electrons. The Kier molecular flexibility index (Phi) is 6.33. The molecule has 0 atom stereocenters. The highest BCUT2D eigenvalue weighted by Gasteiger charge is 2.09. The molecule has 1 aromatic heterocycles. The van der Waals surface area contributed by atoms with Gasteiger partial charge in [0.05, 0.1) is 25.4 Å². The molecular formula is C19H18N6O5. The van der Waals surface area contributed by atoms with E-state index in [2.05, 4.69) is 25.7 Å². The third kappa shape index (κ3) is 4.95. The fraction of sp³-hybridized carbons (Fsp3) is 0.158. The highest BCUT2D eigenvalue weighted by molar-refractivity contribution is 5.81. The van der Waals surface area contributed by atoms with Gasteiger partial charge in [-0.2, -0.15) is 5.10 Å². The van der Waals surface area contributed by atoms with E-state index in [0.717, 1.165) is 5.56 Å². The molecule has 1 heterocycles. The number of non-ortho nitro benzene ring substituents is 1. The van der Waals surface area contributed by atoms with Crippen LogP contribution in [0, 0.1) is 10.1 Å². The number of H-pyrrole nitrogens is 1. The lowest BCUT2D eigenvalue weighted by molar-refractivity contribution is -0.384. The zero-order chi connectivity index (χ0) is 21.5. The number of benzene rings is 2. The number of hydrogen-bond donors (Lipinski definition) is 2. The van der Waals surface area contributed by atoms with E-state index in [1.165, 1.54) is 25.5 Å². The third-order valence-corrected chi connectivity index (χ3v) is 4.05.